The van der Waals surface area contributed by atoms with Crippen molar-refractivity contribution >= 4 is 17.4 Å². The summed E-state index contributed by atoms with van der Waals surface area (Å²) >= 11 is 0. The van der Waals surface area contributed by atoms with E-state index < -0.39 is 11.5 Å². The summed E-state index contributed by atoms with van der Waals surface area (Å²) < 4.78 is 11.0. The first kappa shape index (κ1) is 18.5. The van der Waals surface area contributed by atoms with Gasteiger partial charge in [-0.05, 0) is 30.7 Å². The van der Waals surface area contributed by atoms with Crippen LogP contribution in [0.5, 0.6) is 11.5 Å². The molecule has 1 N–H and O–H groups in total. The third-order valence-corrected chi connectivity index (χ3v) is 5.26. The number of amides is 1. The maximum absolute atomic E-state index is 13.1. The van der Waals surface area contributed by atoms with Crippen molar-refractivity contribution in [1.82, 2.24) is 0 Å². The van der Waals surface area contributed by atoms with Crippen molar-refractivity contribution in [3.8, 4) is 11.5 Å². The lowest BCUT2D eigenvalue weighted by Gasteiger charge is -2.23. The molecule has 4 rings (SSSR count). The van der Waals surface area contributed by atoms with E-state index in [1.807, 2.05) is 19.1 Å². The molecule has 0 bridgehead atoms. The molecular formula is C22H23NO5. The van der Waals surface area contributed by atoms with E-state index >= 15 is 0 Å². The topological polar surface area (TPSA) is 76.1 Å². The average molecular weight is 381 g/mol. The van der Waals surface area contributed by atoms with E-state index in [0.29, 0.717) is 48.1 Å². The molecule has 2 aliphatic heterocycles. The second kappa shape index (κ2) is 7.28. The van der Waals surface area contributed by atoms with Gasteiger partial charge < -0.3 is 19.5 Å². The molecule has 2 aromatic rings. The lowest BCUT2D eigenvalue weighted by molar-refractivity contribution is -0.135. The van der Waals surface area contributed by atoms with Crippen LogP contribution in [-0.2, 0) is 10.4 Å². The first-order chi connectivity index (χ1) is 13.5. The third-order valence-electron chi connectivity index (χ3n) is 5.26. The number of rotatable bonds is 6. The Labute approximate surface area is 163 Å². The van der Waals surface area contributed by atoms with Crippen LogP contribution in [0.2, 0.25) is 0 Å². The highest BCUT2D eigenvalue weighted by Crippen LogP contribution is 2.43. The Morgan fingerprint density at radius 2 is 1.89 bits per heavy atom. The van der Waals surface area contributed by atoms with Gasteiger partial charge >= 0.3 is 0 Å². The zero-order valence-corrected chi connectivity index (χ0v) is 15.8. The Balaban J connectivity index is 1.63. The normalized spacial score (nSPS) is 20.2. The van der Waals surface area contributed by atoms with Crippen molar-refractivity contribution in [3.05, 3.63) is 53.6 Å². The summed E-state index contributed by atoms with van der Waals surface area (Å²) in [5, 5.41) is 11.3. The maximum Gasteiger partial charge on any atom is 0.264 e. The van der Waals surface area contributed by atoms with Gasteiger partial charge in [-0.25, -0.2) is 0 Å². The van der Waals surface area contributed by atoms with Crippen LogP contribution in [-0.4, -0.2) is 36.6 Å². The summed E-state index contributed by atoms with van der Waals surface area (Å²) in [6.07, 6.45) is 1.44. The van der Waals surface area contributed by atoms with Gasteiger partial charge in [0.2, 0.25) is 0 Å². The van der Waals surface area contributed by atoms with Gasteiger partial charge in [0.25, 0.3) is 5.91 Å². The van der Waals surface area contributed by atoms with Gasteiger partial charge in [0, 0.05) is 17.7 Å². The Morgan fingerprint density at radius 1 is 1.14 bits per heavy atom. The van der Waals surface area contributed by atoms with E-state index in [-0.39, 0.29) is 12.2 Å². The van der Waals surface area contributed by atoms with Crippen LogP contribution in [0.25, 0.3) is 0 Å². The smallest absolute Gasteiger partial charge is 0.264 e. The summed E-state index contributed by atoms with van der Waals surface area (Å²) in [5.41, 5.74) is -0.301. The molecule has 6 nitrogen and oxygen atoms in total. The molecule has 0 spiro atoms. The molecule has 6 heteroatoms. The lowest BCUT2D eigenvalue weighted by Crippen LogP contribution is -2.42. The van der Waals surface area contributed by atoms with Crippen LogP contribution < -0.4 is 14.4 Å². The Bertz CT molecular complexity index is 925. The summed E-state index contributed by atoms with van der Waals surface area (Å²) in [7, 11) is 0. The number of unbranched alkanes of at least 4 members (excludes halogenated alkanes) is 1. The number of ketones is 1. The molecule has 2 heterocycles. The van der Waals surface area contributed by atoms with Gasteiger partial charge in [-0.2, -0.15) is 0 Å². The molecule has 0 saturated carbocycles. The van der Waals surface area contributed by atoms with Crippen molar-refractivity contribution < 1.29 is 24.2 Å². The highest BCUT2D eigenvalue weighted by atomic mass is 16.6. The van der Waals surface area contributed by atoms with E-state index in [1.54, 1.807) is 35.2 Å². The highest BCUT2D eigenvalue weighted by Gasteiger charge is 2.50. The van der Waals surface area contributed by atoms with Crippen molar-refractivity contribution in [1.29, 1.82) is 0 Å². The number of carbonyl (C=O) groups excluding carboxylic acids is 2. The fraction of sp³-hybridized carbons (Fsp3) is 0.364. The maximum atomic E-state index is 13.1. The lowest BCUT2D eigenvalue weighted by atomic mass is 9.88. The minimum atomic E-state index is -1.85. The highest BCUT2D eigenvalue weighted by molar-refractivity contribution is 6.10. The first-order valence-electron chi connectivity index (χ1n) is 9.61. The van der Waals surface area contributed by atoms with Crippen LogP contribution in [0.15, 0.2) is 42.5 Å². The number of carbonyl (C=O) groups is 2. The van der Waals surface area contributed by atoms with Crippen molar-refractivity contribution in [2.45, 2.75) is 31.8 Å². The summed E-state index contributed by atoms with van der Waals surface area (Å²) in [5.74, 6) is 0.342. The number of hydrogen-bond donors (Lipinski definition) is 1. The molecule has 0 fully saturated rings. The molecule has 1 unspecified atom stereocenters. The number of anilines is 1. The molecule has 0 aromatic heterocycles. The van der Waals surface area contributed by atoms with Gasteiger partial charge in [-0.15, -0.1) is 0 Å². The van der Waals surface area contributed by atoms with E-state index in [0.717, 1.165) is 12.8 Å². The Morgan fingerprint density at radius 3 is 2.68 bits per heavy atom. The largest absolute Gasteiger partial charge is 0.486 e. The summed E-state index contributed by atoms with van der Waals surface area (Å²) in [6.45, 7) is 3.46. The molecule has 28 heavy (non-hydrogen) atoms. The third kappa shape index (κ3) is 3.03. The Kier molecular flexibility index (Phi) is 4.81. The number of Topliss-reactive ketones (excluding diaryl/α,β-unsaturated/α-hetero) is 1. The predicted octanol–water partition coefficient (Wildman–Crippen LogP) is 3.07. The monoisotopic (exact) mass is 381 g/mol. The van der Waals surface area contributed by atoms with E-state index in [1.165, 1.54) is 0 Å². The second-order valence-electron chi connectivity index (χ2n) is 7.15. The fourth-order valence-electron chi connectivity index (χ4n) is 3.77. The molecule has 146 valence electrons. The van der Waals surface area contributed by atoms with Crippen LogP contribution in [0.4, 0.5) is 5.69 Å². The molecule has 0 aliphatic carbocycles. The minimum Gasteiger partial charge on any atom is -0.486 e. The molecule has 0 radical (unpaired) electrons. The quantitative estimate of drug-likeness (QED) is 0.779. The van der Waals surface area contributed by atoms with Crippen LogP contribution in [0, 0.1) is 0 Å². The van der Waals surface area contributed by atoms with Crippen molar-refractivity contribution in [2.75, 3.05) is 24.7 Å². The molecule has 0 saturated heterocycles. The van der Waals surface area contributed by atoms with Crippen molar-refractivity contribution in [2.24, 2.45) is 0 Å². The van der Waals surface area contributed by atoms with Crippen molar-refractivity contribution in [3.63, 3.8) is 0 Å². The summed E-state index contributed by atoms with van der Waals surface area (Å²) in [6, 6.07) is 12.1. The Hall–Kier alpha value is -2.86. The number of aliphatic hydroxyl groups is 1. The predicted molar refractivity (Wildman–Crippen MR) is 104 cm³/mol. The fourth-order valence-corrected chi connectivity index (χ4v) is 3.77. The van der Waals surface area contributed by atoms with E-state index in [2.05, 4.69) is 0 Å². The number of para-hydroxylation sites is 1. The molecule has 1 amide bonds. The molecule has 2 aromatic carbocycles. The number of benzene rings is 2. The number of ether oxygens (including phenoxy) is 2. The average Bonchev–Trinajstić information content (AvgIpc) is 2.93. The second-order valence-corrected chi connectivity index (χ2v) is 7.15. The number of hydrogen-bond acceptors (Lipinski definition) is 5. The SMILES string of the molecule is CCCCN1C(=O)C(O)(CC(=O)c2ccc3c(c2)OCCO3)c2ccccc21. The van der Waals surface area contributed by atoms with Gasteiger partial charge in [0.15, 0.2) is 22.9 Å². The van der Waals surface area contributed by atoms with Crippen LogP contribution in [0.3, 0.4) is 0 Å². The zero-order valence-electron chi connectivity index (χ0n) is 15.8. The van der Waals surface area contributed by atoms with E-state index in [4.69, 9.17) is 9.47 Å². The van der Waals surface area contributed by atoms with Crippen LogP contribution >= 0.6 is 0 Å². The first-order valence-corrected chi connectivity index (χ1v) is 9.61. The van der Waals surface area contributed by atoms with Gasteiger partial charge in [-0.3, -0.25) is 9.59 Å². The van der Waals surface area contributed by atoms with Crippen LogP contribution in [0.1, 0.15) is 42.1 Å². The van der Waals surface area contributed by atoms with Gasteiger partial charge in [-0.1, -0.05) is 31.5 Å². The zero-order chi connectivity index (χ0) is 19.7. The molecule has 1 atom stereocenters. The molecular weight excluding hydrogens is 358 g/mol. The number of fused-ring (bicyclic) bond motifs is 2. The summed E-state index contributed by atoms with van der Waals surface area (Å²) in [4.78, 5) is 27.6. The van der Waals surface area contributed by atoms with E-state index in [9.17, 15) is 14.7 Å². The number of nitrogens with zero attached hydrogens (tertiary/aromatic N) is 1. The molecule has 2 aliphatic rings. The minimum absolute atomic E-state index is 0.314. The van der Waals surface area contributed by atoms with Gasteiger partial charge in [0.1, 0.15) is 13.2 Å². The standard InChI is InChI=1S/C22H23NO5/c1-2-3-10-23-17-7-5-4-6-16(17)22(26,21(23)25)14-18(24)15-8-9-19-20(13-15)28-12-11-27-19/h4-9,13,26H,2-3,10-12,14H2,1H3. The van der Waals surface area contributed by atoms with Gasteiger partial charge in [0.05, 0.1) is 12.1 Å².